The van der Waals surface area contributed by atoms with Crippen molar-refractivity contribution in [2.75, 3.05) is 39.3 Å². The lowest BCUT2D eigenvalue weighted by atomic mass is 9.94. The monoisotopic (exact) mass is 512 g/mol. The van der Waals surface area contributed by atoms with Gasteiger partial charge in [-0.15, -0.1) is 12.4 Å². The molecule has 3 atom stereocenters. The molecular weight excluding hydrogens is 480 g/mol. The van der Waals surface area contributed by atoms with Crippen molar-refractivity contribution in [1.29, 1.82) is 0 Å². The molecule has 6 rings (SSSR count). The fourth-order valence-corrected chi connectivity index (χ4v) is 6.01. The number of carbonyl (C=O) groups is 2. The number of esters is 2. The quantitative estimate of drug-likeness (QED) is 0.581. The van der Waals surface area contributed by atoms with Crippen molar-refractivity contribution in [2.24, 2.45) is 0 Å². The fraction of sp³-hybridized carbons (Fsp3) is 0.500. The first-order chi connectivity index (χ1) is 17.0. The van der Waals surface area contributed by atoms with Crippen molar-refractivity contribution in [3.63, 3.8) is 0 Å². The van der Waals surface area contributed by atoms with E-state index >= 15 is 0 Å². The molecule has 2 aromatic carbocycles. The van der Waals surface area contributed by atoms with E-state index in [1.165, 1.54) is 11.1 Å². The Morgan fingerprint density at radius 3 is 2.72 bits per heavy atom. The predicted molar refractivity (Wildman–Crippen MR) is 137 cm³/mol. The summed E-state index contributed by atoms with van der Waals surface area (Å²) >= 11 is 0. The van der Waals surface area contributed by atoms with Gasteiger partial charge in [0.05, 0.1) is 23.8 Å². The van der Waals surface area contributed by atoms with Crippen molar-refractivity contribution < 1.29 is 23.8 Å². The van der Waals surface area contributed by atoms with Gasteiger partial charge in [0.25, 0.3) is 0 Å². The van der Waals surface area contributed by atoms with Crippen LogP contribution in [-0.2, 0) is 33.7 Å². The first kappa shape index (κ1) is 25.2. The third-order valence-corrected chi connectivity index (χ3v) is 8.06. The van der Waals surface area contributed by atoms with E-state index in [0.717, 1.165) is 62.3 Å². The SMILES string of the molecule is Cc1c([C@@H]2CN3CCN(CCc4ccc5c(c4)C[C@H](C)OC5=O)C[C@H]3CO2)ccc2c1COC2=O.Cl. The molecule has 192 valence electrons. The minimum absolute atomic E-state index is 0. The van der Waals surface area contributed by atoms with Crippen LogP contribution in [0.1, 0.15) is 61.6 Å². The van der Waals surface area contributed by atoms with Crippen LogP contribution < -0.4 is 0 Å². The summed E-state index contributed by atoms with van der Waals surface area (Å²) < 4.78 is 16.9. The minimum atomic E-state index is -0.220. The Kier molecular flexibility index (Phi) is 7.10. The van der Waals surface area contributed by atoms with Crippen LogP contribution in [0.5, 0.6) is 0 Å². The van der Waals surface area contributed by atoms with Crippen LogP contribution in [0.25, 0.3) is 0 Å². The molecule has 2 aromatic rings. The van der Waals surface area contributed by atoms with Gasteiger partial charge in [-0.05, 0) is 54.7 Å². The highest BCUT2D eigenvalue weighted by Crippen LogP contribution is 2.33. The standard InChI is InChI=1S/C28H32N2O5.ClH/c1-17-11-20-12-19(3-4-23(20)28(32)35-17)7-8-29-9-10-30-14-26(33-15-21(30)13-29)22-5-6-24-25(18(22)2)16-34-27(24)31;/h3-6,12,17,21,26H,7-11,13-16H2,1-2H3;1H/t17-,21-,26-;/m0./s1. The molecule has 0 radical (unpaired) electrons. The van der Waals surface area contributed by atoms with Crippen LogP contribution in [0, 0.1) is 6.92 Å². The zero-order valence-corrected chi connectivity index (χ0v) is 21.6. The molecule has 2 saturated heterocycles. The number of ether oxygens (including phenoxy) is 3. The Labute approximate surface area is 218 Å². The van der Waals surface area contributed by atoms with Gasteiger partial charge in [0.15, 0.2) is 0 Å². The number of morpholine rings is 1. The van der Waals surface area contributed by atoms with E-state index in [1.807, 2.05) is 25.1 Å². The molecule has 0 unspecified atom stereocenters. The molecule has 4 heterocycles. The molecular formula is C28H33ClN2O5. The van der Waals surface area contributed by atoms with Gasteiger partial charge in [-0.3, -0.25) is 4.90 Å². The van der Waals surface area contributed by atoms with E-state index in [2.05, 4.69) is 28.9 Å². The van der Waals surface area contributed by atoms with Gasteiger partial charge in [-0.2, -0.15) is 0 Å². The number of hydrogen-bond acceptors (Lipinski definition) is 7. The molecule has 8 heteroatoms. The Morgan fingerprint density at radius 1 is 1.03 bits per heavy atom. The highest BCUT2D eigenvalue weighted by Gasteiger charge is 2.35. The Hall–Kier alpha value is -2.45. The van der Waals surface area contributed by atoms with Gasteiger partial charge in [-0.25, -0.2) is 9.59 Å². The number of carbonyl (C=O) groups excluding carboxylic acids is 2. The Morgan fingerprint density at radius 2 is 1.86 bits per heavy atom. The predicted octanol–water partition coefficient (Wildman–Crippen LogP) is 3.49. The number of halogens is 1. The minimum Gasteiger partial charge on any atom is -0.459 e. The molecule has 4 aliphatic heterocycles. The van der Waals surface area contributed by atoms with Crippen LogP contribution >= 0.6 is 12.4 Å². The number of nitrogens with zero attached hydrogens (tertiary/aromatic N) is 2. The molecule has 0 bridgehead atoms. The molecule has 2 fully saturated rings. The molecule has 4 aliphatic rings. The summed E-state index contributed by atoms with van der Waals surface area (Å²) in [6.45, 7) is 10.1. The number of piperazine rings is 1. The van der Waals surface area contributed by atoms with Gasteiger partial charge in [0.2, 0.25) is 0 Å². The van der Waals surface area contributed by atoms with E-state index in [0.29, 0.717) is 30.4 Å². The zero-order chi connectivity index (χ0) is 24.1. The molecule has 0 aliphatic carbocycles. The highest BCUT2D eigenvalue weighted by atomic mass is 35.5. The van der Waals surface area contributed by atoms with Crippen molar-refractivity contribution in [3.8, 4) is 0 Å². The molecule has 0 saturated carbocycles. The zero-order valence-electron chi connectivity index (χ0n) is 20.8. The molecule has 0 N–H and O–H groups in total. The Balaban J connectivity index is 0.00000267. The number of fused-ring (bicyclic) bond motifs is 3. The van der Waals surface area contributed by atoms with Gasteiger partial charge in [0, 0.05) is 50.7 Å². The van der Waals surface area contributed by atoms with Crippen LogP contribution in [-0.4, -0.2) is 73.2 Å². The first-order valence-electron chi connectivity index (χ1n) is 12.7. The van der Waals surface area contributed by atoms with E-state index in [9.17, 15) is 9.59 Å². The van der Waals surface area contributed by atoms with Crippen LogP contribution in [0.4, 0.5) is 0 Å². The van der Waals surface area contributed by atoms with Crippen molar-refractivity contribution >= 4 is 24.3 Å². The summed E-state index contributed by atoms with van der Waals surface area (Å²) in [7, 11) is 0. The number of rotatable bonds is 4. The maximum Gasteiger partial charge on any atom is 0.338 e. The van der Waals surface area contributed by atoms with Gasteiger partial charge >= 0.3 is 11.9 Å². The molecule has 0 spiro atoms. The lowest BCUT2D eigenvalue weighted by Gasteiger charge is -2.46. The summed E-state index contributed by atoms with van der Waals surface area (Å²) in [6, 6.07) is 10.5. The molecule has 0 aromatic heterocycles. The summed E-state index contributed by atoms with van der Waals surface area (Å²) in [5.74, 6) is -0.420. The van der Waals surface area contributed by atoms with E-state index < -0.39 is 0 Å². The smallest absolute Gasteiger partial charge is 0.338 e. The van der Waals surface area contributed by atoms with Crippen LogP contribution in [0.15, 0.2) is 30.3 Å². The average Bonchev–Trinajstić information content (AvgIpc) is 3.23. The normalized spacial score (nSPS) is 25.8. The highest BCUT2D eigenvalue weighted by molar-refractivity contribution is 5.94. The summed E-state index contributed by atoms with van der Waals surface area (Å²) in [5.41, 5.74) is 7.12. The second-order valence-corrected chi connectivity index (χ2v) is 10.3. The summed E-state index contributed by atoms with van der Waals surface area (Å²) in [4.78, 5) is 29.0. The van der Waals surface area contributed by atoms with Crippen molar-refractivity contribution in [3.05, 3.63) is 69.3 Å². The molecule has 0 amide bonds. The number of cyclic esters (lactones) is 2. The second kappa shape index (κ2) is 10.1. The average molecular weight is 513 g/mol. The van der Waals surface area contributed by atoms with E-state index in [1.54, 1.807) is 0 Å². The lowest BCUT2D eigenvalue weighted by Crippen LogP contribution is -2.58. The summed E-state index contributed by atoms with van der Waals surface area (Å²) in [6.07, 6.45) is 1.75. The fourth-order valence-electron chi connectivity index (χ4n) is 6.01. The largest absolute Gasteiger partial charge is 0.459 e. The Bertz CT molecular complexity index is 1180. The number of benzene rings is 2. The first-order valence-corrected chi connectivity index (χ1v) is 12.7. The molecule has 7 nitrogen and oxygen atoms in total. The summed E-state index contributed by atoms with van der Waals surface area (Å²) in [5, 5.41) is 0. The van der Waals surface area contributed by atoms with Gasteiger partial charge in [-0.1, -0.05) is 18.2 Å². The van der Waals surface area contributed by atoms with Crippen molar-refractivity contribution in [1.82, 2.24) is 9.80 Å². The number of hydrogen-bond donors (Lipinski definition) is 0. The van der Waals surface area contributed by atoms with E-state index in [4.69, 9.17) is 14.2 Å². The lowest BCUT2D eigenvalue weighted by molar-refractivity contribution is -0.0903. The second-order valence-electron chi connectivity index (χ2n) is 10.3. The topological polar surface area (TPSA) is 68.3 Å². The third-order valence-electron chi connectivity index (χ3n) is 8.06. The van der Waals surface area contributed by atoms with Gasteiger partial charge in [0.1, 0.15) is 12.7 Å². The van der Waals surface area contributed by atoms with Crippen molar-refractivity contribution in [2.45, 2.75) is 51.5 Å². The van der Waals surface area contributed by atoms with Gasteiger partial charge < -0.3 is 19.1 Å². The maximum absolute atomic E-state index is 12.1. The van der Waals surface area contributed by atoms with Crippen LogP contribution in [0.3, 0.4) is 0 Å². The third kappa shape index (κ3) is 4.65. The maximum atomic E-state index is 12.1. The van der Waals surface area contributed by atoms with E-state index in [-0.39, 0.29) is 36.6 Å². The van der Waals surface area contributed by atoms with Crippen LogP contribution in [0.2, 0.25) is 0 Å². The molecule has 36 heavy (non-hydrogen) atoms.